The molecule has 0 spiro atoms. The van der Waals surface area contributed by atoms with Gasteiger partial charge in [-0.25, -0.2) is 10.2 Å². The number of benzene rings is 1. The first-order valence-corrected chi connectivity index (χ1v) is 8.00. The van der Waals surface area contributed by atoms with Crippen LogP contribution in [0.2, 0.25) is 0 Å². The highest BCUT2D eigenvalue weighted by Gasteiger charge is 2.17. The molecule has 1 aliphatic carbocycles. The normalized spacial score (nSPS) is 15.2. The third-order valence-corrected chi connectivity index (χ3v) is 3.88. The molecule has 7 nitrogen and oxygen atoms in total. The molecule has 0 saturated heterocycles. The van der Waals surface area contributed by atoms with Crippen LogP contribution in [-0.2, 0) is 9.59 Å². The van der Waals surface area contributed by atoms with Crippen LogP contribution in [0, 0.1) is 0 Å². The highest BCUT2D eigenvalue weighted by molar-refractivity contribution is 5.99. The predicted molar refractivity (Wildman–Crippen MR) is 88.8 cm³/mol. The summed E-state index contributed by atoms with van der Waals surface area (Å²) in [5.41, 5.74) is 2.70. The third kappa shape index (κ3) is 5.49. The van der Waals surface area contributed by atoms with Gasteiger partial charge in [-0.2, -0.15) is 5.10 Å². The van der Waals surface area contributed by atoms with Crippen LogP contribution in [-0.4, -0.2) is 35.1 Å². The standard InChI is InChI=1S/C17H21N3O4/c21-15(19-13-7-2-1-3-8-13)10-16(22)20-18-11-12-6-4-5-9-14(12)17(23)24/h4-6,9,11,13H,1-3,7-8,10H2,(H,19,21)(H,20,22)(H,23,24)/b18-11+. The van der Waals surface area contributed by atoms with Crippen molar-refractivity contribution >= 4 is 24.0 Å². The molecule has 2 amide bonds. The molecule has 1 aliphatic rings. The largest absolute Gasteiger partial charge is 0.478 e. The summed E-state index contributed by atoms with van der Waals surface area (Å²) < 4.78 is 0. The molecule has 1 fully saturated rings. The Labute approximate surface area is 140 Å². The van der Waals surface area contributed by atoms with Crippen molar-refractivity contribution in [3.05, 3.63) is 35.4 Å². The van der Waals surface area contributed by atoms with Gasteiger partial charge < -0.3 is 10.4 Å². The van der Waals surface area contributed by atoms with Crippen LogP contribution in [0.1, 0.15) is 54.4 Å². The van der Waals surface area contributed by atoms with Crippen LogP contribution >= 0.6 is 0 Å². The number of amides is 2. The number of carboxylic acid groups (broad SMARTS) is 1. The summed E-state index contributed by atoms with van der Waals surface area (Å²) in [5.74, 6) is -1.93. The summed E-state index contributed by atoms with van der Waals surface area (Å²) in [6.07, 6.45) is 6.26. The molecule has 1 aromatic carbocycles. The second-order valence-corrected chi connectivity index (χ2v) is 5.76. The van der Waals surface area contributed by atoms with Gasteiger partial charge in [0.1, 0.15) is 6.42 Å². The molecule has 0 heterocycles. The van der Waals surface area contributed by atoms with Crippen LogP contribution in [0.4, 0.5) is 0 Å². The Hall–Kier alpha value is -2.70. The first-order valence-electron chi connectivity index (χ1n) is 8.00. The van der Waals surface area contributed by atoms with E-state index in [1.54, 1.807) is 18.2 Å². The first kappa shape index (κ1) is 17.7. The van der Waals surface area contributed by atoms with E-state index in [2.05, 4.69) is 15.8 Å². The summed E-state index contributed by atoms with van der Waals surface area (Å²) in [4.78, 5) is 34.6. The van der Waals surface area contributed by atoms with Gasteiger partial charge in [-0.3, -0.25) is 9.59 Å². The molecule has 3 N–H and O–H groups in total. The lowest BCUT2D eigenvalue weighted by Gasteiger charge is -2.22. The SMILES string of the molecule is O=C(CC(=O)NC1CCCCC1)N/N=C/c1ccccc1C(=O)O. The first-order chi connectivity index (χ1) is 11.6. The van der Waals surface area contributed by atoms with E-state index in [0.717, 1.165) is 25.7 Å². The lowest BCUT2D eigenvalue weighted by Crippen LogP contribution is -2.38. The molecule has 7 heteroatoms. The summed E-state index contributed by atoms with van der Waals surface area (Å²) in [7, 11) is 0. The van der Waals surface area contributed by atoms with Gasteiger partial charge in [-0.05, 0) is 18.9 Å². The Kier molecular flexibility index (Phi) is 6.48. The van der Waals surface area contributed by atoms with Crippen molar-refractivity contribution in [1.82, 2.24) is 10.7 Å². The smallest absolute Gasteiger partial charge is 0.336 e. The maximum Gasteiger partial charge on any atom is 0.336 e. The molecule has 0 aliphatic heterocycles. The minimum Gasteiger partial charge on any atom is -0.478 e. The second-order valence-electron chi connectivity index (χ2n) is 5.76. The van der Waals surface area contributed by atoms with Crippen molar-refractivity contribution in [2.45, 2.75) is 44.6 Å². The quantitative estimate of drug-likeness (QED) is 0.418. The molecule has 2 rings (SSSR count). The van der Waals surface area contributed by atoms with Crippen LogP contribution in [0.5, 0.6) is 0 Å². The molecule has 0 atom stereocenters. The van der Waals surface area contributed by atoms with E-state index in [-0.39, 0.29) is 23.9 Å². The van der Waals surface area contributed by atoms with E-state index in [4.69, 9.17) is 5.11 Å². The Morgan fingerprint density at radius 3 is 2.54 bits per heavy atom. The van der Waals surface area contributed by atoms with Gasteiger partial charge in [0, 0.05) is 11.6 Å². The number of hydrogen-bond donors (Lipinski definition) is 3. The molecule has 0 unspecified atom stereocenters. The number of nitrogens with zero attached hydrogens (tertiary/aromatic N) is 1. The van der Waals surface area contributed by atoms with E-state index in [1.165, 1.54) is 18.7 Å². The van der Waals surface area contributed by atoms with Crippen LogP contribution in [0.3, 0.4) is 0 Å². The van der Waals surface area contributed by atoms with E-state index in [9.17, 15) is 14.4 Å². The van der Waals surface area contributed by atoms with Gasteiger partial charge in [0.15, 0.2) is 0 Å². The van der Waals surface area contributed by atoms with Crippen LogP contribution in [0.15, 0.2) is 29.4 Å². The lowest BCUT2D eigenvalue weighted by molar-refractivity contribution is -0.129. The molecule has 0 bridgehead atoms. The predicted octanol–water partition coefficient (Wildman–Crippen LogP) is 1.67. The Morgan fingerprint density at radius 1 is 1.12 bits per heavy atom. The number of carbonyl (C=O) groups is 3. The third-order valence-electron chi connectivity index (χ3n) is 3.88. The van der Waals surface area contributed by atoms with Gasteiger partial charge in [0.2, 0.25) is 11.8 Å². The maximum absolute atomic E-state index is 11.8. The average Bonchev–Trinajstić information content (AvgIpc) is 2.56. The lowest BCUT2D eigenvalue weighted by atomic mass is 9.95. The fourth-order valence-corrected chi connectivity index (χ4v) is 2.69. The number of aromatic carboxylic acids is 1. The van der Waals surface area contributed by atoms with Crippen molar-refractivity contribution in [3.63, 3.8) is 0 Å². The van der Waals surface area contributed by atoms with E-state index >= 15 is 0 Å². The fourth-order valence-electron chi connectivity index (χ4n) is 2.69. The van der Waals surface area contributed by atoms with Gasteiger partial charge >= 0.3 is 5.97 Å². The zero-order valence-electron chi connectivity index (χ0n) is 13.3. The molecule has 1 aromatic rings. The minimum atomic E-state index is -1.07. The van der Waals surface area contributed by atoms with Crippen molar-refractivity contribution in [2.75, 3.05) is 0 Å². The molecule has 1 saturated carbocycles. The average molecular weight is 331 g/mol. The molecule has 0 radical (unpaired) electrons. The van der Waals surface area contributed by atoms with E-state index in [0.29, 0.717) is 5.56 Å². The van der Waals surface area contributed by atoms with Crippen LogP contribution < -0.4 is 10.7 Å². The summed E-state index contributed by atoms with van der Waals surface area (Å²) in [6.45, 7) is 0. The monoisotopic (exact) mass is 331 g/mol. The Morgan fingerprint density at radius 2 is 1.83 bits per heavy atom. The van der Waals surface area contributed by atoms with Gasteiger partial charge in [0.05, 0.1) is 11.8 Å². The van der Waals surface area contributed by atoms with Crippen LogP contribution in [0.25, 0.3) is 0 Å². The maximum atomic E-state index is 11.8. The number of nitrogens with one attached hydrogen (secondary N) is 2. The molecular formula is C17H21N3O4. The Bertz CT molecular complexity index is 636. The zero-order chi connectivity index (χ0) is 17.4. The number of carboxylic acids is 1. The van der Waals surface area contributed by atoms with Crippen molar-refractivity contribution in [2.24, 2.45) is 5.10 Å². The number of rotatable bonds is 6. The summed E-state index contributed by atoms with van der Waals surface area (Å²) in [6, 6.07) is 6.46. The minimum absolute atomic E-state index is 0.0885. The van der Waals surface area contributed by atoms with Crippen molar-refractivity contribution < 1.29 is 19.5 Å². The topological polar surface area (TPSA) is 108 Å². The fraction of sp³-hybridized carbons (Fsp3) is 0.412. The summed E-state index contributed by atoms with van der Waals surface area (Å²) in [5, 5.41) is 15.6. The Balaban J connectivity index is 1.80. The van der Waals surface area contributed by atoms with Crippen molar-refractivity contribution in [1.29, 1.82) is 0 Å². The van der Waals surface area contributed by atoms with Gasteiger partial charge in [-0.15, -0.1) is 0 Å². The summed E-state index contributed by atoms with van der Waals surface area (Å²) >= 11 is 0. The highest BCUT2D eigenvalue weighted by atomic mass is 16.4. The van der Waals surface area contributed by atoms with Gasteiger partial charge in [-0.1, -0.05) is 37.5 Å². The molecular weight excluding hydrogens is 310 g/mol. The van der Waals surface area contributed by atoms with E-state index in [1.807, 2.05) is 0 Å². The number of hydrogen-bond acceptors (Lipinski definition) is 4. The van der Waals surface area contributed by atoms with Gasteiger partial charge in [0.25, 0.3) is 0 Å². The number of hydrazone groups is 1. The second kappa shape index (κ2) is 8.81. The van der Waals surface area contributed by atoms with Crippen molar-refractivity contribution in [3.8, 4) is 0 Å². The molecule has 128 valence electrons. The number of carbonyl (C=O) groups excluding carboxylic acids is 2. The van der Waals surface area contributed by atoms with E-state index < -0.39 is 11.9 Å². The zero-order valence-corrected chi connectivity index (χ0v) is 13.3. The molecule has 24 heavy (non-hydrogen) atoms. The molecule has 0 aromatic heterocycles. The highest BCUT2D eigenvalue weighted by Crippen LogP contribution is 2.17.